The van der Waals surface area contributed by atoms with E-state index in [-0.39, 0.29) is 42.1 Å². The topological polar surface area (TPSA) is 103 Å². The molecule has 0 radical (unpaired) electrons. The molecule has 1 aromatic carbocycles. The molecule has 0 spiro atoms. The molecule has 1 N–H and O–H groups in total. The Kier molecular flexibility index (Phi) is 12.8. The number of carbonyl (C=O) groups is 3. The van der Waals surface area contributed by atoms with Crippen molar-refractivity contribution in [3.63, 3.8) is 0 Å². The third-order valence-electron chi connectivity index (χ3n) is 9.87. The second-order valence-electron chi connectivity index (χ2n) is 13.7. The number of piperidine rings is 1. The molecule has 2 saturated heterocycles. The second-order valence-corrected chi connectivity index (χ2v) is 13.7. The van der Waals surface area contributed by atoms with Crippen LogP contribution < -0.4 is 4.90 Å². The first-order valence-electron chi connectivity index (χ1n) is 17.0. The molecule has 3 aliphatic rings. The first-order chi connectivity index (χ1) is 22.3. The van der Waals surface area contributed by atoms with Crippen molar-refractivity contribution in [2.24, 2.45) is 11.8 Å². The number of piperazine rings is 1. The number of nitrogens with zero attached hydrogens (tertiary/aromatic N) is 4. The number of benzene rings is 1. The molecule has 3 aliphatic heterocycles. The zero-order valence-electron chi connectivity index (χ0n) is 28.9. The molecule has 2 amide bonds. The van der Waals surface area contributed by atoms with Gasteiger partial charge in [0, 0.05) is 70.9 Å². The fraction of sp³-hybridized carbons (Fsp3) is 0.639. The summed E-state index contributed by atoms with van der Waals surface area (Å²) in [6.07, 6.45) is 5.59. The van der Waals surface area contributed by atoms with Crippen LogP contribution in [0.2, 0.25) is 0 Å². The maximum absolute atomic E-state index is 15.0. The summed E-state index contributed by atoms with van der Waals surface area (Å²) in [5, 5.41) is 10.6. The average Bonchev–Trinajstić information content (AvgIpc) is 3.03. The van der Waals surface area contributed by atoms with Gasteiger partial charge >= 0.3 is 12.1 Å². The van der Waals surface area contributed by atoms with Crippen LogP contribution in [0.1, 0.15) is 65.4 Å². The van der Waals surface area contributed by atoms with Crippen molar-refractivity contribution in [3.05, 3.63) is 47.3 Å². The number of aliphatic hydroxyl groups excluding tert-OH is 1. The fourth-order valence-corrected chi connectivity index (χ4v) is 6.64. The lowest BCUT2D eigenvalue weighted by molar-refractivity contribution is -0.151. The normalized spacial score (nSPS) is 28.1. The molecule has 0 aromatic heterocycles. The van der Waals surface area contributed by atoms with Crippen LogP contribution in [0, 0.1) is 17.7 Å². The molecule has 1 aromatic rings. The molecule has 2 fully saturated rings. The first kappa shape index (κ1) is 36.4. The van der Waals surface area contributed by atoms with Gasteiger partial charge in [0.25, 0.3) is 0 Å². The first-order valence-corrected chi connectivity index (χ1v) is 17.0. The van der Waals surface area contributed by atoms with Crippen molar-refractivity contribution in [2.75, 3.05) is 58.3 Å². The zero-order chi connectivity index (χ0) is 34.2. The van der Waals surface area contributed by atoms with Gasteiger partial charge in [-0.05, 0) is 81.0 Å². The minimum Gasteiger partial charge on any atom is -0.457 e. The number of carbonyl (C=O) groups excluding carboxylic acids is 3. The van der Waals surface area contributed by atoms with E-state index in [1.807, 2.05) is 64.1 Å². The van der Waals surface area contributed by atoms with Crippen LogP contribution in [0.25, 0.3) is 6.08 Å². The highest BCUT2D eigenvalue weighted by Gasteiger charge is 2.29. The molecular formula is C36H53FN4O6. The molecule has 11 heteroatoms. The van der Waals surface area contributed by atoms with E-state index in [2.05, 4.69) is 9.80 Å². The van der Waals surface area contributed by atoms with E-state index in [1.54, 1.807) is 11.8 Å². The number of hydrogen-bond donors (Lipinski definition) is 1. The van der Waals surface area contributed by atoms with E-state index in [0.29, 0.717) is 44.6 Å². The van der Waals surface area contributed by atoms with Crippen LogP contribution in [0.4, 0.5) is 14.9 Å². The zero-order valence-corrected chi connectivity index (χ0v) is 28.9. The van der Waals surface area contributed by atoms with Crippen LogP contribution in [-0.2, 0) is 19.1 Å². The summed E-state index contributed by atoms with van der Waals surface area (Å²) in [7, 11) is 3.98. The van der Waals surface area contributed by atoms with Gasteiger partial charge < -0.3 is 34.2 Å². The Bertz CT molecular complexity index is 1300. The van der Waals surface area contributed by atoms with Gasteiger partial charge in [0.2, 0.25) is 5.91 Å². The number of hydrogen-bond acceptors (Lipinski definition) is 8. The van der Waals surface area contributed by atoms with Crippen molar-refractivity contribution in [1.82, 2.24) is 14.7 Å². The molecule has 0 bridgehead atoms. The number of rotatable bonds is 5. The maximum atomic E-state index is 15.0. The monoisotopic (exact) mass is 656 g/mol. The lowest BCUT2D eigenvalue weighted by atomic mass is 9.91. The highest BCUT2D eigenvalue weighted by molar-refractivity contribution is 5.73. The Balaban J connectivity index is 1.54. The van der Waals surface area contributed by atoms with E-state index < -0.39 is 24.3 Å². The third-order valence-corrected chi connectivity index (χ3v) is 9.87. The van der Waals surface area contributed by atoms with Crippen molar-refractivity contribution in [3.8, 4) is 0 Å². The highest BCUT2D eigenvalue weighted by Crippen LogP contribution is 2.29. The number of likely N-dealkylation sites (tertiary alicyclic amines) is 1. The molecular weight excluding hydrogens is 603 g/mol. The molecule has 10 nitrogen and oxygen atoms in total. The van der Waals surface area contributed by atoms with E-state index in [9.17, 15) is 23.9 Å². The minimum atomic E-state index is -0.883. The molecule has 47 heavy (non-hydrogen) atoms. The molecule has 260 valence electrons. The van der Waals surface area contributed by atoms with Gasteiger partial charge in [0.05, 0.1) is 12.5 Å². The second kappa shape index (κ2) is 16.6. The lowest BCUT2D eigenvalue weighted by Gasteiger charge is -2.37. The summed E-state index contributed by atoms with van der Waals surface area (Å²) in [5.74, 6) is -1.18. The standard InChI is InChI=1S/C36H53FN4O6/c1-24-7-9-32(43)23-34(44)47-35(25(2)8-10-33(24)46-36(45)41-17-15-38(5)16-18-41)26(3)19-28-20-29(37)22-31(21-28)39(6)30-11-13-40(14-12-30)27(4)42/h8,10,19-22,24-25,30,32-33,35,43H,7,9,11-18,23H2,1-6H3/b10-8-,26-19+/t24-,25-,32+,33-,35-/m0/s1. The number of cyclic esters (lactones) is 1. The Morgan fingerprint density at radius 1 is 0.979 bits per heavy atom. The maximum Gasteiger partial charge on any atom is 0.410 e. The van der Waals surface area contributed by atoms with E-state index in [0.717, 1.165) is 37.2 Å². The Morgan fingerprint density at radius 2 is 1.66 bits per heavy atom. The Morgan fingerprint density at radius 3 is 2.32 bits per heavy atom. The van der Waals surface area contributed by atoms with Crippen molar-refractivity contribution in [1.29, 1.82) is 0 Å². The number of likely N-dealkylation sites (N-methyl/N-ethyl adjacent to an activating group) is 1. The van der Waals surface area contributed by atoms with Crippen LogP contribution in [-0.4, -0.2) is 115 Å². The van der Waals surface area contributed by atoms with Crippen molar-refractivity contribution >= 4 is 29.7 Å². The summed E-state index contributed by atoms with van der Waals surface area (Å²) < 4.78 is 26.9. The summed E-state index contributed by atoms with van der Waals surface area (Å²) in [5.41, 5.74) is 2.09. The van der Waals surface area contributed by atoms with Gasteiger partial charge in [-0.25, -0.2) is 9.18 Å². The fourth-order valence-electron chi connectivity index (χ4n) is 6.64. The summed E-state index contributed by atoms with van der Waals surface area (Å²) in [4.78, 5) is 45.6. The number of anilines is 1. The number of ether oxygens (including phenoxy) is 2. The summed E-state index contributed by atoms with van der Waals surface area (Å²) in [6.45, 7) is 11.5. The predicted molar refractivity (Wildman–Crippen MR) is 180 cm³/mol. The van der Waals surface area contributed by atoms with E-state index in [4.69, 9.17) is 9.47 Å². The van der Waals surface area contributed by atoms with Crippen molar-refractivity contribution in [2.45, 2.75) is 84.2 Å². The molecule has 0 aliphatic carbocycles. The van der Waals surface area contributed by atoms with Crippen LogP contribution in [0.3, 0.4) is 0 Å². The largest absolute Gasteiger partial charge is 0.457 e. The van der Waals surface area contributed by atoms with Gasteiger partial charge in [-0.15, -0.1) is 0 Å². The van der Waals surface area contributed by atoms with Gasteiger partial charge in [0.1, 0.15) is 18.0 Å². The highest BCUT2D eigenvalue weighted by atomic mass is 19.1. The van der Waals surface area contributed by atoms with Crippen LogP contribution in [0.15, 0.2) is 35.9 Å². The van der Waals surface area contributed by atoms with E-state index >= 15 is 0 Å². The third kappa shape index (κ3) is 10.3. The van der Waals surface area contributed by atoms with Gasteiger partial charge in [0.15, 0.2) is 0 Å². The van der Waals surface area contributed by atoms with Crippen LogP contribution in [0.5, 0.6) is 0 Å². The predicted octanol–water partition coefficient (Wildman–Crippen LogP) is 4.71. The smallest absolute Gasteiger partial charge is 0.410 e. The number of esters is 1. The SMILES string of the molecule is CC(=O)N1CCC(N(C)c2cc(F)cc(/C=C(\C)[C@H]3OC(=O)C[C@H](O)CC[C@H](C)[C@@H](OC(=O)N4CCN(C)CC4)/C=C\[C@@H]3C)c2)CC1. The molecule has 5 atom stereocenters. The van der Waals surface area contributed by atoms with Gasteiger partial charge in [-0.2, -0.15) is 0 Å². The lowest BCUT2D eigenvalue weighted by Crippen LogP contribution is -2.48. The number of aliphatic hydroxyl groups is 1. The molecule has 3 heterocycles. The number of halogens is 1. The number of amides is 2. The van der Waals surface area contributed by atoms with Crippen molar-refractivity contribution < 1.29 is 33.4 Å². The van der Waals surface area contributed by atoms with E-state index in [1.165, 1.54) is 12.1 Å². The Hall–Kier alpha value is -3.44. The summed E-state index contributed by atoms with van der Waals surface area (Å²) in [6, 6.07) is 5.06. The quantitative estimate of drug-likeness (QED) is 0.359. The molecule has 0 saturated carbocycles. The summed E-state index contributed by atoms with van der Waals surface area (Å²) >= 11 is 0. The van der Waals surface area contributed by atoms with Crippen LogP contribution >= 0.6 is 0 Å². The Labute approximate surface area is 279 Å². The average molecular weight is 657 g/mol. The minimum absolute atomic E-state index is 0.0717. The van der Waals surface area contributed by atoms with Gasteiger partial charge in [-0.1, -0.05) is 26.0 Å². The van der Waals surface area contributed by atoms with Gasteiger partial charge in [-0.3, -0.25) is 9.59 Å². The molecule has 4 rings (SSSR count). The molecule has 0 unspecified atom stereocenters.